The van der Waals surface area contributed by atoms with Crippen LogP contribution < -0.4 is 0 Å². The Kier molecular flexibility index (Phi) is 3.01. The van der Waals surface area contributed by atoms with E-state index >= 15 is 0 Å². The summed E-state index contributed by atoms with van der Waals surface area (Å²) in [5.74, 6) is 0. The lowest BCUT2D eigenvalue weighted by atomic mass is 10.1. The molecule has 0 saturated carbocycles. The maximum atomic E-state index is 11.7. The molecule has 0 aromatic heterocycles. The van der Waals surface area contributed by atoms with E-state index in [1.807, 2.05) is 44.2 Å². The second-order valence-electron chi connectivity index (χ2n) is 4.09. The van der Waals surface area contributed by atoms with Gasteiger partial charge >= 0.3 is 10.3 Å². The van der Waals surface area contributed by atoms with Crippen molar-refractivity contribution in [3.05, 3.63) is 35.9 Å². The highest BCUT2D eigenvalue weighted by Gasteiger charge is 2.41. The highest BCUT2D eigenvalue weighted by molar-refractivity contribution is 7.84. The molecular formula is C11H15NO3S. The molecule has 0 unspecified atom stereocenters. The third-order valence-electron chi connectivity index (χ3n) is 2.63. The first-order valence-electron chi connectivity index (χ1n) is 5.25. The maximum absolute atomic E-state index is 11.7. The van der Waals surface area contributed by atoms with Gasteiger partial charge in [-0.3, -0.25) is 4.18 Å². The highest BCUT2D eigenvalue weighted by Crippen LogP contribution is 2.33. The predicted molar refractivity (Wildman–Crippen MR) is 61.0 cm³/mol. The Morgan fingerprint density at radius 3 is 2.50 bits per heavy atom. The maximum Gasteiger partial charge on any atom is 0.339 e. The minimum Gasteiger partial charge on any atom is -0.256 e. The Hall–Kier alpha value is -0.910. The molecule has 16 heavy (non-hydrogen) atoms. The molecule has 5 heteroatoms. The molecule has 0 bridgehead atoms. The van der Waals surface area contributed by atoms with Crippen LogP contribution in [0.4, 0.5) is 0 Å². The normalized spacial score (nSPS) is 25.1. The van der Waals surface area contributed by atoms with Crippen LogP contribution in [0.5, 0.6) is 0 Å². The molecule has 1 aromatic rings. The lowest BCUT2D eigenvalue weighted by Crippen LogP contribution is -2.34. The van der Waals surface area contributed by atoms with E-state index in [1.54, 1.807) is 0 Å². The Balaban J connectivity index is 2.37. The van der Waals surface area contributed by atoms with Crippen molar-refractivity contribution in [2.75, 3.05) is 6.61 Å². The fourth-order valence-electron chi connectivity index (χ4n) is 1.98. The summed E-state index contributed by atoms with van der Waals surface area (Å²) in [6.45, 7) is 3.90. The summed E-state index contributed by atoms with van der Waals surface area (Å²) in [7, 11) is -3.55. The van der Waals surface area contributed by atoms with Crippen LogP contribution in [0.3, 0.4) is 0 Å². The number of benzene rings is 1. The van der Waals surface area contributed by atoms with Crippen molar-refractivity contribution >= 4 is 10.3 Å². The monoisotopic (exact) mass is 241 g/mol. The summed E-state index contributed by atoms with van der Waals surface area (Å²) in [4.78, 5) is 0. The van der Waals surface area contributed by atoms with Crippen LogP contribution >= 0.6 is 0 Å². The van der Waals surface area contributed by atoms with Crippen molar-refractivity contribution in [2.45, 2.75) is 25.9 Å². The molecule has 0 N–H and O–H groups in total. The molecule has 4 nitrogen and oxygen atoms in total. The number of nitrogens with zero attached hydrogens (tertiary/aromatic N) is 1. The van der Waals surface area contributed by atoms with Gasteiger partial charge in [0.1, 0.15) is 0 Å². The van der Waals surface area contributed by atoms with Gasteiger partial charge in [-0.25, -0.2) is 0 Å². The van der Waals surface area contributed by atoms with E-state index in [1.165, 1.54) is 4.31 Å². The van der Waals surface area contributed by atoms with Gasteiger partial charge in [0.15, 0.2) is 0 Å². The van der Waals surface area contributed by atoms with Gasteiger partial charge in [-0.15, -0.1) is 0 Å². The van der Waals surface area contributed by atoms with E-state index in [4.69, 9.17) is 4.18 Å². The van der Waals surface area contributed by atoms with Gasteiger partial charge in [-0.05, 0) is 19.4 Å². The van der Waals surface area contributed by atoms with Crippen LogP contribution in [0.25, 0.3) is 0 Å². The molecule has 1 aliphatic heterocycles. The third-order valence-corrected chi connectivity index (χ3v) is 4.26. The van der Waals surface area contributed by atoms with Crippen LogP contribution in [0.2, 0.25) is 0 Å². The van der Waals surface area contributed by atoms with Crippen LogP contribution in [0.15, 0.2) is 30.3 Å². The zero-order chi connectivity index (χ0) is 11.8. The largest absolute Gasteiger partial charge is 0.339 e. The molecule has 1 aliphatic rings. The zero-order valence-corrected chi connectivity index (χ0v) is 10.1. The SMILES string of the molecule is CC(C)N1[C@H](c2ccccc2)COS1(=O)=O. The molecule has 1 fully saturated rings. The molecule has 0 radical (unpaired) electrons. The van der Waals surface area contributed by atoms with E-state index in [0.717, 1.165) is 5.56 Å². The summed E-state index contributed by atoms with van der Waals surface area (Å²) >= 11 is 0. The molecule has 0 amide bonds. The van der Waals surface area contributed by atoms with Crippen LogP contribution in [0.1, 0.15) is 25.5 Å². The average molecular weight is 241 g/mol. The van der Waals surface area contributed by atoms with Crippen LogP contribution in [0, 0.1) is 0 Å². The van der Waals surface area contributed by atoms with Crippen molar-refractivity contribution < 1.29 is 12.6 Å². The van der Waals surface area contributed by atoms with Gasteiger partial charge in [0.05, 0.1) is 12.6 Å². The molecule has 88 valence electrons. The molecule has 2 rings (SSSR count). The molecule has 1 atom stereocenters. The van der Waals surface area contributed by atoms with Gasteiger partial charge < -0.3 is 0 Å². The first-order valence-corrected chi connectivity index (χ1v) is 6.62. The van der Waals surface area contributed by atoms with Crippen molar-refractivity contribution in [3.8, 4) is 0 Å². The van der Waals surface area contributed by atoms with Gasteiger partial charge in [0.25, 0.3) is 0 Å². The number of hydrogen-bond acceptors (Lipinski definition) is 3. The Bertz CT molecular complexity index is 455. The van der Waals surface area contributed by atoms with Crippen LogP contribution in [-0.2, 0) is 14.5 Å². The zero-order valence-electron chi connectivity index (χ0n) is 9.33. The lowest BCUT2D eigenvalue weighted by Gasteiger charge is -2.24. The second kappa shape index (κ2) is 4.16. The molecule has 1 heterocycles. The summed E-state index contributed by atoms with van der Waals surface area (Å²) in [5, 5.41) is 0. The fraction of sp³-hybridized carbons (Fsp3) is 0.455. The van der Waals surface area contributed by atoms with Crippen molar-refractivity contribution in [3.63, 3.8) is 0 Å². The van der Waals surface area contributed by atoms with Crippen molar-refractivity contribution in [1.29, 1.82) is 0 Å². The van der Waals surface area contributed by atoms with Crippen molar-refractivity contribution in [2.24, 2.45) is 0 Å². The summed E-state index contributed by atoms with van der Waals surface area (Å²) in [5.41, 5.74) is 0.970. The predicted octanol–water partition coefficient (Wildman–Crippen LogP) is 1.71. The Morgan fingerprint density at radius 1 is 1.31 bits per heavy atom. The van der Waals surface area contributed by atoms with E-state index in [2.05, 4.69) is 0 Å². The van der Waals surface area contributed by atoms with E-state index in [0.29, 0.717) is 0 Å². The second-order valence-corrected chi connectivity index (χ2v) is 5.61. The number of hydrogen-bond donors (Lipinski definition) is 0. The number of rotatable bonds is 2. The molecule has 0 spiro atoms. The van der Waals surface area contributed by atoms with Crippen LogP contribution in [-0.4, -0.2) is 25.4 Å². The topological polar surface area (TPSA) is 46.6 Å². The van der Waals surface area contributed by atoms with Gasteiger partial charge in [0, 0.05) is 6.04 Å². The summed E-state index contributed by atoms with van der Waals surface area (Å²) in [6.07, 6.45) is 0. The van der Waals surface area contributed by atoms with E-state index in [-0.39, 0.29) is 18.7 Å². The Morgan fingerprint density at radius 2 is 1.94 bits per heavy atom. The Labute approximate surface area is 96.1 Å². The van der Waals surface area contributed by atoms with E-state index < -0.39 is 10.3 Å². The smallest absolute Gasteiger partial charge is 0.256 e. The van der Waals surface area contributed by atoms with E-state index in [9.17, 15) is 8.42 Å². The molecule has 0 aliphatic carbocycles. The van der Waals surface area contributed by atoms with Gasteiger partial charge in [0.2, 0.25) is 0 Å². The average Bonchev–Trinajstić information content (AvgIpc) is 2.55. The summed E-state index contributed by atoms with van der Waals surface area (Å²) < 4.78 is 29.7. The minimum atomic E-state index is -3.55. The third kappa shape index (κ3) is 1.98. The minimum absolute atomic E-state index is 0.0993. The standard InChI is InChI=1S/C11H15NO3S/c1-9(2)12-11(8-15-16(12,13)14)10-6-4-3-5-7-10/h3-7,9,11H,8H2,1-2H3/t11-/m0/s1. The molecular weight excluding hydrogens is 226 g/mol. The quantitative estimate of drug-likeness (QED) is 0.792. The first-order chi connectivity index (χ1) is 7.52. The fourth-order valence-corrected chi connectivity index (χ4v) is 3.41. The first kappa shape index (κ1) is 11.6. The summed E-state index contributed by atoms with van der Waals surface area (Å²) in [6, 6.07) is 9.25. The highest BCUT2D eigenvalue weighted by atomic mass is 32.2. The molecule has 1 aromatic carbocycles. The van der Waals surface area contributed by atoms with Crippen molar-refractivity contribution in [1.82, 2.24) is 4.31 Å². The van der Waals surface area contributed by atoms with Gasteiger partial charge in [-0.1, -0.05) is 30.3 Å². The molecule has 1 saturated heterocycles. The van der Waals surface area contributed by atoms with Gasteiger partial charge in [-0.2, -0.15) is 12.7 Å². The lowest BCUT2D eigenvalue weighted by molar-refractivity contribution is 0.287.